The normalized spacial score (nSPS) is 12.8. The summed E-state index contributed by atoms with van der Waals surface area (Å²) in [4.78, 5) is 2.21. The van der Waals surface area contributed by atoms with E-state index < -0.39 is 8.80 Å². The Morgan fingerprint density at radius 1 is 1.19 bits per heavy atom. The molecule has 2 N–H and O–H groups in total. The van der Waals surface area contributed by atoms with Crippen LogP contribution in [0.15, 0.2) is 43.1 Å². The highest BCUT2D eigenvalue weighted by molar-refractivity contribution is 6.60. The Bertz CT molecular complexity index is 481. The molecule has 1 atom stereocenters. The Morgan fingerprint density at radius 2 is 1.85 bits per heavy atom. The molecule has 1 aromatic rings. The van der Waals surface area contributed by atoms with Crippen LogP contribution in [0.1, 0.15) is 39.2 Å². The molecule has 148 valence electrons. The molecular formula is C20H36N2O3Si. The monoisotopic (exact) mass is 380 g/mol. The van der Waals surface area contributed by atoms with Crippen LogP contribution in [0, 0.1) is 0 Å². The minimum Gasteiger partial charge on any atom is -0.374 e. The van der Waals surface area contributed by atoms with Gasteiger partial charge in [-0.3, -0.25) is 0 Å². The zero-order valence-electron chi connectivity index (χ0n) is 16.7. The SMILES string of the molecule is C=CN(CCC(C)O[Si](CCCN)(OCC)OCC)Cc1ccccc1. The van der Waals surface area contributed by atoms with Crippen LogP contribution in [0.2, 0.25) is 6.04 Å². The van der Waals surface area contributed by atoms with Crippen molar-refractivity contribution in [3.05, 3.63) is 48.7 Å². The first-order chi connectivity index (χ1) is 12.6. The van der Waals surface area contributed by atoms with Crippen LogP contribution in [0.4, 0.5) is 0 Å². The highest BCUT2D eigenvalue weighted by Crippen LogP contribution is 2.21. The van der Waals surface area contributed by atoms with Crippen molar-refractivity contribution in [2.45, 2.75) is 52.3 Å². The summed E-state index contributed by atoms with van der Waals surface area (Å²) in [5, 5.41) is 0. The zero-order chi connectivity index (χ0) is 19.3. The van der Waals surface area contributed by atoms with E-state index >= 15 is 0 Å². The van der Waals surface area contributed by atoms with Crippen molar-refractivity contribution in [2.24, 2.45) is 5.73 Å². The summed E-state index contributed by atoms with van der Waals surface area (Å²) in [6.45, 7) is 13.5. The number of rotatable bonds is 15. The lowest BCUT2D eigenvalue weighted by Gasteiger charge is -2.32. The highest BCUT2D eigenvalue weighted by Gasteiger charge is 2.41. The molecule has 1 aromatic carbocycles. The largest absolute Gasteiger partial charge is 0.501 e. The first kappa shape index (κ1) is 22.9. The van der Waals surface area contributed by atoms with Gasteiger partial charge in [-0.2, -0.15) is 0 Å². The van der Waals surface area contributed by atoms with E-state index in [1.165, 1.54) is 5.56 Å². The molecule has 1 rings (SSSR count). The second kappa shape index (κ2) is 13.1. The second-order valence-corrected chi connectivity index (χ2v) is 8.98. The number of nitrogens with two attached hydrogens (primary N) is 1. The van der Waals surface area contributed by atoms with Crippen molar-refractivity contribution in [3.63, 3.8) is 0 Å². The number of nitrogens with zero attached hydrogens (tertiary/aromatic N) is 1. The molecule has 0 fully saturated rings. The van der Waals surface area contributed by atoms with E-state index in [1.54, 1.807) is 0 Å². The van der Waals surface area contributed by atoms with Crippen LogP contribution in [0.3, 0.4) is 0 Å². The van der Waals surface area contributed by atoms with Crippen molar-refractivity contribution in [2.75, 3.05) is 26.3 Å². The van der Waals surface area contributed by atoms with E-state index in [9.17, 15) is 0 Å². The average Bonchev–Trinajstić information content (AvgIpc) is 2.64. The lowest BCUT2D eigenvalue weighted by Crippen LogP contribution is -2.48. The average molecular weight is 381 g/mol. The van der Waals surface area contributed by atoms with Gasteiger partial charge in [0, 0.05) is 38.5 Å². The van der Waals surface area contributed by atoms with Gasteiger partial charge in [-0.15, -0.1) is 0 Å². The Morgan fingerprint density at radius 3 is 2.38 bits per heavy atom. The molecule has 0 bridgehead atoms. The van der Waals surface area contributed by atoms with E-state index in [0.29, 0.717) is 19.8 Å². The van der Waals surface area contributed by atoms with Gasteiger partial charge < -0.3 is 23.9 Å². The summed E-state index contributed by atoms with van der Waals surface area (Å²) < 4.78 is 18.3. The summed E-state index contributed by atoms with van der Waals surface area (Å²) >= 11 is 0. The Hall–Kier alpha value is -1.18. The van der Waals surface area contributed by atoms with Gasteiger partial charge in [0.05, 0.1) is 0 Å². The Kier molecular flexibility index (Phi) is 11.5. The summed E-state index contributed by atoms with van der Waals surface area (Å²) in [5.41, 5.74) is 6.96. The van der Waals surface area contributed by atoms with Gasteiger partial charge >= 0.3 is 8.80 Å². The summed E-state index contributed by atoms with van der Waals surface area (Å²) in [7, 11) is -2.66. The first-order valence-corrected chi connectivity index (χ1v) is 11.6. The molecule has 0 spiro atoms. The van der Waals surface area contributed by atoms with Crippen molar-refractivity contribution in [1.29, 1.82) is 0 Å². The fourth-order valence-electron chi connectivity index (χ4n) is 2.84. The molecule has 0 heterocycles. The minimum atomic E-state index is -2.66. The van der Waals surface area contributed by atoms with Gasteiger partial charge in [-0.1, -0.05) is 36.9 Å². The predicted octanol–water partition coefficient (Wildman–Crippen LogP) is 3.79. The summed E-state index contributed by atoms with van der Waals surface area (Å²) in [6.07, 6.45) is 3.68. The summed E-state index contributed by atoms with van der Waals surface area (Å²) in [5.74, 6) is 0. The van der Waals surface area contributed by atoms with Crippen molar-refractivity contribution >= 4 is 8.80 Å². The third-order valence-corrected chi connectivity index (χ3v) is 7.29. The molecule has 0 aliphatic rings. The lowest BCUT2D eigenvalue weighted by molar-refractivity contribution is 0.0330. The van der Waals surface area contributed by atoms with Crippen LogP contribution in [0.25, 0.3) is 0 Å². The van der Waals surface area contributed by atoms with Gasteiger partial charge in [0.15, 0.2) is 0 Å². The molecular weight excluding hydrogens is 344 g/mol. The number of hydrogen-bond acceptors (Lipinski definition) is 5. The molecule has 0 saturated heterocycles. The van der Waals surface area contributed by atoms with E-state index in [-0.39, 0.29) is 6.10 Å². The third-order valence-electron chi connectivity index (χ3n) is 4.11. The molecule has 5 nitrogen and oxygen atoms in total. The van der Waals surface area contributed by atoms with E-state index in [1.807, 2.05) is 26.1 Å². The maximum absolute atomic E-state index is 6.34. The van der Waals surface area contributed by atoms with Crippen LogP contribution in [0.5, 0.6) is 0 Å². The maximum atomic E-state index is 6.34. The molecule has 0 amide bonds. The molecule has 0 saturated carbocycles. The van der Waals surface area contributed by atoms with E-state index in [2.05, 4.69) is 42.7 Å². The highest BCUT2D eigenvalue weighted by atomic mass is 28.4. The molecule has 26 heavy (non-hydrogen) atoms. The fourth-order valence-corrected chi connectivity index (χ4v) is 5.71. The molecule has 1 unspecified atom stereocenters. The van der Waals surface area contributed by atoms with Crippen molar-refractivity contribution in [1.82, 2.24) is 4.90 Å². The van der Waals surface area contributed by atoms with Gasteiger partial charge in [-0.25, -0.2) is 0 Å². The van der Waals surface area contributed by atoms with Gasteiger partial charge in [0.1, 0.15) is 0 Å². The molecule has 0 aliphatic heterocycles. The van der Waals surface area contributed by atoms with Crippen LogP contribution in [-0.4, -0.2) is 46.1 Å². The lowest BCUT2D eigenvalue weighted by atomic mass is 10.2. The molecule has 0 aliphatic carbocycles. The second-order valence-electron chi connectivity index (χ2n) is 6.30. The Labute approximate surface area is 160 Å². The zero-order valence-corrected chi connectivity index (χ0v) is 17.7. The standard InChI is InChI=1S/C20H36N2O3Si/c1-5-22(18-20-12-9-8-10-13-20)16-14-19(4)25-26(23-6-2,24-7-3)17-11-15-21/h5,8-10,12-13,19H,1,6-7,11,14-18,21H2,2-4H3. The van der Waals surface area contributed by atoms with Crippen molar-refractivity contribution in [3.8, 4) is 0 Å². The molecule has 6 heteroatoms. The van der Waals surface area contributed by atoms with Gasteiger partial charge in [0.2, 0.25) is 0 Å². The topological polar surface area (TPSA) is 57.0 Å². The molecule has 0 aromatic heterocycles. The molecule has 0 radical (unpaired) electrons. The van der Waals surface area contributed by atoms with Crippen LogP contribution in [-0.2, 0) is 19.8 Å². The summed E-state index contributed by atoms with van der Waals surface area (Å²) in [6, 6.07) is 11.2. The van der Waals surface area contributed by atoms with Crippen LogP contribution < -0.4 is 5.73 Å². The van der Waals surface area contributed by atoms with Crippen LogP contribution >= 0.6 is 0 Å². The fraction of sp³-hybridized carbons (Fsp3) is 0.600. The number of hydrogen-bond donors (Lipinski definition) is 1. The first-order valence-electron chi connectivity index (χ1n) is 9.65. The Balaban J connectivity index is 2.58. The third kappa shape index (κ3) is 8.47. The van der Waals surface area contributed by atoms with Gasteiger partial charge in [-0.05, 0) is 51.9 Å². The minimum absolute atomic E-state index is 0.0516. The predicted molar refractivity (Wildman–Crippen MR) is 110 cm³/mol. The quantitative estimate of drug-likeness (QED) is 0.469. The van der Waals surface area contributed by atoms with Crippen molar-refractivity contribution < 1.29 is 13.3 Å². The van der Waals surface area contributed by atoms with Gasteiger partial charge in [0.25, 0.3) is 0 Å². The number of benzene rings is 1. The van der Waals surface area contributed by atoms with E-state index in [0.717, 1.165) is 32.0 Å². The van der Waals surface area contributed by atoms with E-state index in [4.69, 9.17) is 19.0 Å². The maximum Gasteiger partial charge on any atom is 0.501 e. The smallest absolute Gasteiger partial charge is 0.374 e.